The van der Waals surface area contributed by atoms with Gasteiger partial charge < -0.3 is 10.1 Å². The van der Waals surface area contributed by atoms with Gasteiger partial charge in [0.1, 0.15) is 4.33 Å². The molecule has 9 heteroatoms. The summed E-state index contributed by atoms with van der Waals surface area (Å²) in [6.07, 6.45) is 0.381. The van der Waals surface area contributed by atoms with E-state index < -0.39 is 9.75 Å². The van der Waals surface area contributed by atoms with Crippen LogP contribution in [0.5, 0.6) is 0 Å². The molecule has 1 fully saturated rings. The number of hydrogen-bond acceptors (Lipinski definition) is 4. The number of halogens is 2. The zero-order chi connectivity index (χ0) is 18.0. The van der Waals surface area contributed by atoms with Crippen molar-refractivity contribution in [2.45, 2.75) is 24.6 Å². The van der Waals surface area contributed by atoms with Crippen LogP contribution < -0.4 is 16.2 Å². The smallest absolute Gasteiger partial charge is 0.338 e. The van der Waals surface area contributed by atoms with Crippen molar-refractivity contribution in [2.24, 2.45) is 5.41 Å². The number of hydrogen-bond donors (Lipinski definition) is 3. The van der Waals surface area contributed by atoms with Crippen molar-refractivity contribution in [2.75, 3.05) is 11.9 Å². The van der Waals surface area contributed by atoms with Gasteiger partial charge in [-0.15, -0.1) is 23.2 Å². The summed E-state index contributed by atoms with van der Waals surface area (Å²) in [4.78, 5) is 23.6. The van der Waals surface area contributed by atoms with Crippen LogP contribution in [0.3, 0.4) is 0 Å². The zero-order valence-electron chi connectivity index (χ0n) is 13.1. The topological polar surface area (TPSA) is 79.5 Å². The Labute approximate surface area is 155 Å². The fourth-order valence-corrected chi connectivity index (χ4v) is 2.84. The first kappa shape index (κ1) is 18.8. The predicted molar refractivity (Wildman–Crippen MR) is 97.1 cm³/mol. The van der Waals surface area contributed by atoms with E-state index in [0.717, 1.165) is 0 Å². The summed E-state index contributed by atoms with van der Waals surface area (Å²) in [7, 11) is 0. The molecule has 2 rings (SSSR count). The highest BCUT2D eigenvalue weighted by Gasteiger charge is 2.68. The fourth-order valence-electron chi connectivity index (χ4n) is 1.96. The summed E-state index contributed by atoms with van der Waals surface area (Å²) < 4.78 is 3.86. The molecular weight excluding hydrogens is 373 g/mol. The van der Waals surface area contributed by atoms with E-state index in [2.05, 4.69) is 16.2 Å². The van der Waals surface area contributed by atoms with E-state index in [1.807, 2.05) is 0 Å². The Morgan fingerprint density at radius 1 is 1.25 bits per heavy atom. The van der Waals surface area contributed by atoms with Gasteiger partial charge in [-0.1, -0.05) is 0 Å². The van der Waals surface area contributed by atoms with Gasteiger partial charge in [0.15, 0.2) is 5.11 Å². The lowest BCUT2D eigenvalue weighted by atomic mass is 10.1. The highest BCUT2D eigenvalue weighted by molar-refractivity contribution is 7.80. The van der Waals surface area contributed by atoms with Crippen molar-refractivity contribution in [1.29, 1.82) is 0 Å². The highest BCUT2D eigenvalue weighted by atomic mass is 35.5. The number of alkyl halides is 2. The van der Waals surface area contributed by atoms with Crippen molar-refractivity contribution in [3.8, 4) is 0 Å². The van der Waals surface area contributed by atoms with E-state index in [1.54, 1.807) is 38.1 Å². The number of thiocarbonyl (C=S) groups is 1. The summed E-state index contributed by atoms with van der Waals surface area (Å²) in [5.74, 6) is -0.727. The van der Waals surface area contributed by atoms with Crippen LogP contribution in [-0.4, -0.2) is 27.9 Å². The Bertz CT molecular complexity index is 666. The van der Waals surface area contributed by atoms with Crippen LogP contribution in [0.2, 0.25) is 0 Å². The molecule has 0 bridgehead atoms. The van der Waals surface area contributed by atoms with Gasteiger partial charge in [-0.2, -0.15) is 0 Å². The Morgan fingerprint density at radius 3 is 2.33 bits per heavy atom. The number of nitrogens with one attached hydrogen (secondary N) is 3. The molecule has 1 aromatic carbocycles. The van der Waals surface area contributed by atoms with E-state index in [4.69, 9.17) is 40.2 Å². The minimum atomic E-state index is -1.04. The number of rotatable bonds is 4. The molecule has 0 unspecified atom stereocenters. The van der Waals surface area contributed by atoms with Crippen LogP contribution in [0.4, 0.5) is 5.69 Å². The van der Waals surface area contributed by atoms with E-state index in [9.17, 15) is 9.59 Å². The van der Waals surface area contributed by atoms with Gasteiger partial charge in [-0.3, -0.25) is 15.6 Å². The van der Waals surface area contributed by atoms with E-state index in [1.165, 1.54) is 0 Å². The van der Waals surface area contributed by atoms with Gasteiger partial charge >= 0.3 is 5.97 Å². The molecule has 130 valence electrons. The van der Waals surface area contributed by atoms with Crippen LogP contribution in [0, 0.1) is 5.41 Å². The average Bonchev–Trinajstić information content (AvgIpc) is 3.05. The Hall–Kier alpha value is -1.57. The number of carbonyl (C=O) groups is 2. The van der Waals surface area contributed by atoms with Crippen LogP contribution in [0.25, 0.3) is 0 Å². The molecule has 24 heavy (non-hydrogen) atoms. The van der Waals surface area contributed by atoms with Crippen LogP contribution in [0.15, 0.2) is 24.3 Å². The second-order valence-electron chi connectivity index (χ2n) is 5.54. The van der Waals surface area contributed by atoms with Crippen molar-refractivity contribution in [3.05, 3.63) is 29.8 Å². The standard InChI is InChI=1S/C15H17Cl2N3O3S/c1-3-23-11(21)9-4-6-10(7-5-9)18-13(24)20-19-12(22)14(2)8-15(14,16)17/h4-7H,3,8H2,1-2H3,(H,19,22)(H2,18,20,24)/t14-/m0/s1. The largest absolute Gasteiger partial charge is 0.462 e. The molecule has 1 amide bonds. The summed E-state index contributed by atoms with van der Waals surface area (Å²) in [6, 6.07) is 6.57. The van der Waals surface area contributed by atoms with Crippen molar-refractivity contribution in [1.82, 2.24) is 10.9 Å². The number of carbonyl (C=O) groups excluding carboxylic acids is 2. The second kappa shape index (κ2) is 7.13. The molecular formula is C15H17Cl2N3O3S. The molecule has 1 aliphatic carbocycles. The number of esters is 1. The van der Waals surface area contributed by atoms with E-state index in [0.29, 0.717) is 24.3 Å². The van der Waals surface area contributed by atoms with Gasteiger partial charge in [0.05, 0.1) is 17.6 Å². The Balaban J connectivity index is 1.82. The number of ether oxygens (including phenoxy) is 1. The third-order valence-electron chi connectivity index (χ3n) is 3.70. The Morgan fingerprint density at radius 2 is 1.83 bits per heavy atom. The molecule has 3 N–H and O–H groups in total. The number of anilines is 1. The summed E-state index contributed by atoms with van der Waals surface area (Å²) >= 11 is 17.0. The number of hydrazine groups is 1. The third kappa shape index (κ3) is 4.09. The van der Waals surface area contributed by atoms with Crippen LogP contribution in [0.1, 0.15) is 30.6 Å². The van der Waals surface area contributed by atoms with Crippen molar-refractivity contribution >= 4 is 58.1 Å². The number of amides is 1. The first-order valence-corrected chi connectivity index (χ1v) is 8.38. The molecule has 0 spiro atoms. The maximum atomic E-state index is 12.0. The molecule has 0 radical (unpaired) electrons. The van der Waals surface area contributed by atoms with Gasteiger partial charge in [0, 0.05) is 5.69 Å². The molecule has 0 aliphatic heterocycles. The van der Waals surface area contributed by atoms with E-state index in [-0.39, 0.29) is 17.0 Å². The monoisotopic (exact) mass is 389 g/mol. The summed E-state index contributed by atoms with van der Waals surface area (Å²) in [6.45, 7) is 3.73. The minimum absolute atomic E-state index is 0.186. The maximum Gasteiger partial charge on any atom is 0.338 e. The third-order valence-corrected chi connectivity index (χ3v) is 5.01. The lowest BCUT2D eigenvalue weighted by Crippen LogP contribution is -2.47. The lowest BCUT2D eigenvalue weighted by Gasteiger charge is -2.15. The highest BCUT2D eigenvalue weighted by Crippen LogP contribution is 2.63. The van der Waals surface area contributed by atoms with Gasteiger partial charge in [0.25, 0.3) is 0 Å². The quantitative estimate of drug-likeness (QED) is 0.318. The van der Waals surface area contributed by atoms with Gasteiger partial charge in [0.2, 0.25) is 5.91 Å². The molecule has 0 aromatic heterocycles. The zero-order valence-corrected chi connectivity index (χ0v) is 15.4. The maximum absolute atomic E-state index is 12.0. The molecule has 6 nitrogen and oxygen atoms in total. The van der Waals surface area contributed by atoms with E-state index >= 15 is 0 Å². The molecule has 0 saturated heterocycles. The average molecular weight is 390 g/mol. The van der Waals surface area contributed by atoms with Crippen LogP contribution in [-0.2, 0) is 9.53 Å². The first-order chi connectivity index (χ1) is 11.2. The molecule has 1 aromatic rings. The summed E-state index contributed by atoms with van der Waals surface area (Å²) in [5, 5.41) is 3.06. The second-order valence-corrected chi connectivity index (χ2v) is 7.44. The van der Waals surface area contributed by atoms with Gasteiger partial charge in [-0.05, 0) is 56.8 Å². The first-order valence-electron chi connectivity index (χ1n) is 7.22. The van der Waals surface area contributed by atoms with Gasteiger partial charge in [-0.25, -0.2) is 4.79 Å². The predicted octanol–water partition coefficient (Wildman–Crippen LogP) is 2.76. The minimum Gasteiger partial charge on any atom is -0.462 e. The fraction of sp³-hybridized carbons (Fsp3) is 0.400. The Kier molecular flexibility index (Phi) is 5.57. The molecule has 1 saturated carbocycles. The van der Waals surface area contributed by atoms with Crippen LogP contribution >= 0.6 is 35.4 Å². The van der Waals surface area contributed by atoms with Crippen molar-refractivity contribution in [3.63, 3.8) is 0 Å². The molecule has 0 heterocycles. The molecule has 1 atom stereocenters. The normalized spacial score (nSPS) is 20.7. The van der Waals surface area contributed by atoms with Crippen molar-refractivity contribution < 1.29 is 14.3 Å². The lowest BCUT2D eigenvalue weighted by molar-refractivity contribution is -0.126. The molecule has 1 aliphatic rings. The SMILES string of the molecule is CCOC(=O)c1ccc(NC(=S)NNC(=O)[C@]2(C)CC2(Cl)Cl)cc1. The summed E-state index contributed by atoms with van der Waals surface area (Å²) in [5.41, 5.74) is 5.31. The number of benzene rings is 1.